The Balaban J connectivity index is 1.54. The predicted molar refractivity (Wildman–Crippen MR) is 111 cm³/mol. The molecule has 3 aromatic heterocycles. The van der Waals surface area contributed by atoms with Gasteiger partial charge in [-0.05, 0) is 38.1 Å². The molecular weight excluding hydrogens is 388 g/mol. The van der Waals surface area contributed by atoms with E-state index in [1.165, 1.54) is 4.88 Å². The van der Waals surface area contributed by atoms with E-state index in [4.69, 9.17) is 4.52 Å². The molecule has 0 N–H and O–H groups in total. The first-order valence-corrected chi connectivity index (χ1v) is 10.6. The molecule has 1 fully saturated rings. The van der Waals surface area contributed by atoms with Crippen molar-refractivity contribution in [3.05, 3.63) is 40.2 Å². The number of carbonyl (C=O) groups excluding carboxylic acids is 1. The highest BCUT2D eigenvalue weighted by Gasteiger charge is 2.30. The number of carbonyl (C=O) groups is 1. The molecule has 0 saturated carbocycles. The van der Waals surface area contributed by atoms with Crippen LogP contribution in [0.4, 0.5) is 5.82 Å². The average Bonchev–Trinajstić information content (AvgIpc) is 3.39. The van der Waals surface area contributed by atoms with E-state index >= 15 is 0 Å². The van der Waals surface area contributed by atoms with E-state index in [1.54, 1.807) is 24.5 Å². The average molecular weight is 413 g/mol. The molecular formula is C20H24N6O2S. The highest BCUT2D eigenvalue weighted by molar-refractivity contribution is 7.09. The Bertz CT molecular complexity index is 987. The topological polar surface area (TPSA) is 88.2 Å². The third kappa shape index (κ3) is 4.29. The van der Waals surface area contributed by atoms with E-state index in [1.807, 2.05) is 30.3 Å². The number of thiophene rings is 1. The van der Waals surface area contributed by atoms with Gasteiger partial charge in [0.1, 0.15) is 17.2 Å². The molecule has 1 amide bonds. The van der Waals surface area contributed by atoms with Gasteiger partial charge >= 0.3 is 0 Å². The minimum Gasteiger partial charge on any atom is -0.355 e. The number of amides is 1. The maximum Gasteiger partial charge on any atom is 0.263 e. The minimum absolute atomic E-state index is 0.0683. The van der Waals surface area contributed by atoms with Gasteiger partial charge in [-0.3, -0.25) is 4.79 Å². The molecule has 8 nitrogen and oxygen atoms in total. The first-order valence-electron chi connectivity index (χ1n) is 9.68. The standard InChI is InChI=1S/C20H24N6O2S/c1-13-21-10-17(19-23-14(2)24-28-19)18(22-13)26-8-4-6-15(11-26)20(27)25(3)12-16-7-5-9-29-16/h5,7,9-10,15H,4,6,8,11-12H2,1-3H3. The summed E-state index contributed by atoms with van der Waals surface area (Å²) >= 11 is 1.67. The van der Waals surface area contributed by atoms with Crippen molar-refractivity contribution in [3.8, 4) is 11.5 Å². The summed E-state index contributed by atoms with van der Waals surface area (Å²) in [5.41, 5.74) is 0.705. The van der Waals surface area contributed by atoms with Gasteiger partial charge in [0, 0.05) is 31.2 Å². The molecule has 1 unspecified atom stereocenters. The number of rotatable bonds is 5. The predicted octanol–water partition coefficient (Wildman–Crippen LogP) is 3.08. The van der Waals surface area contributed by atoms with Crippen molar-refractivity contribution in [2.75, 3.05) is 25.0 Å². The van der Waals surface area contributed by atoms with Gasteiger partial charge in [-0.1, -0.05) is 11.2 Å². The first kappa shape index (κ1) is 19.5. The molecule has 4 heterocycles. The maximum absolute atomic E-state index is 13.1. The van der Waals surface area contributed by atoms with Crippen molar-refractivity contribution in [1.82, 2.24) is 25.0 Å². The van der Waals surface area contributed by atoms with Gasteiger partial charge in [0.2, 0.25) is 5.91 Å². The molecule has 3 aromatic rings. The van der Waals surface area contributed by atoms with Crippen LogP contribution in [0, 0.1) is 19.8 Å². The monoisotopic (exact) mass is 412 g/mol. The van der Waals surface area contributed by atoms with Crippen LogP contribution in [-0.4, -0.2) is 51.1 Å². The fourth-order valence-electron chi connectivity index (χ4n) is 3.65. The Hall–Kier alpha value is -2.81. The van der Waals surface area contributed by atoms with Crippen LogP contribution in [0.25, 0.3) is 11.5 Å². The first-order chi connectivity index (χ1) is 14.0. The fourth-order valence-corrected chi connectivity index (χ4v) is 4.41. The lowest BCUT2D eigenvalue weighted by atomic mass is 9.96. The molecule has 1 aliphatic heterocycles. The molecule has 0 spiro atoms. The lowest BCUT2D eigenvalue weighted by Crippen LogP contribution is -2.44. The van der Waals surface area contributed by atoms with E-state index in [-0.39, 0.29) is 11.8 Å². The third-order valence-electron chi connectivity index (χ3n) is 5.07. The summed E-state index contributed by atoms with van der Waals surface area (Å²) in [7, 11) is 1.88. The van der Waals surface area contributed by atoms with Crippen molar-refractivity contribution in [3.63, 3.8) is 0 Å². The van der Waals surface area contributed by atoms with E-state index in [9.17, 15) is 4.79 Å². The largest absolute Gasteiger partial charge is 0.355 e. The molecule has 4 rings (SSSR count). The maximum atomic E-state index is 13.1. The zero-order valence-corrected chi connectivity index (χ0v) is 17.6. The zero-order chi connectivity index (χ0) is 20.4. The lowest BCUT2D eigenvalue weighted by Gasteiger charge is -2.35. The Labute approximate surface area is 173 Å². The van der Waals surface area contributed by atoms with Crippen LogP contribution in [0.5, 0.6) is 0 Å². The summed E-state index contributed by atoms with van der Waals surface area (Å²) in [6.45, 7) is 5.72. The second-order valence-electron chi connectivity index (χ2n) is 7.36. The van der Waals surface area contributed by atoms with E-state index in [0.29, 0.717) is 36.2 Å². The van der Waals surface area contributed by atoms with Gasteiger partial charge in [-0.15, -0.1) is 11.3 Å². The lowest BCUT2D eigenvalue weighted by molar-refractivity contribution is -0.135. The number of hydrogen-bond donors (Lipinski definition) is 0. The van der Waals surface area contributed by atoms with Gasteiger partial charge < -0.3 is 14.3 Å². The normalized spacial score (nSPS) is 16.8. The number of nitrogens with zero attached hydrogens (tertiary/aromatic N) is 6. The molecule has 0 aromatic carbocycles. The van der Waals surface area contributed by atoms with Crippen LogP contribution in [0.3, 0.4) is 0 Å². The molecule has 0 radical (unpaired) electrons. The van der Waals surface area contributed by atoms with Gasteiger partial charge in [-0.2, -0.15) is 4.98 Å². The minimum atomic E-state index is -0.0683. The molecule has 0 bridgehead atoms. The van der Waals surface area contributed by atoms with Crippen LogP contribution in [0.15, 0.2) is 28.2 Å². The Morgan fingerprint density at radius 1 is 1.34 bits per heavy atom. The van der Waals surface area contributed by atoms with Gasteiger partial charge in [0.25, 0.3) is 5.89 Å². The molecule has 1 saturated heterocycles. The van der Waals surface area contributed by atoms with Gasteiger partial charge in [0.15, 0.2) is 5.82 Å². The molecule has 1 atom stereocenters. The molecule has 152 valence electrons. The van der Waals surface area contributed by atoms with E-state index < -0.39 is 0 Å². The Kier molecular flexibility index (Phi) is 5.57. The van der Waals surface area contributed by atoms with Crippen molar-refractivity contribution in [2.45, 2.75) is 33.2 Å². The molecule has 9 heteroatoms. The SMILES string of the molecule is Cc1noc(-c2cnc(C)nc2N2CCCC(C(=O)N(C)Cc3cccs3)C2)n1. The number of anilines is 1. The summed E-state index contributed by atoms with van der Waals surface area (Å²) in [4.78, 5) is 31.5. The number of hydrogen-bond acceptors (Lipinski definition) is 8. The van der Waals surface area contributed by atoms with Crippen molar-refractivity contribution in [2.24, 2.45) is 5.92 Å². The van der Waals surface area contributed by atoms with Crippen LogP contribution in [0.1, 0.15) is 29.4 Å². The van der Waals surface area contributed by atoms with Gasteiger partial charge in [0.05, 0.1) is 12.5 Å². The highest BCUT2D eigenvalue weighted by Crippen LogP contribution is 2.31. The highest BCUT2D eigenvalue weighted by atomic mass is 32.1. The molecule has 29 heavy (non-hydrogen) atoms. The summed E-state index contributed by atoms with van der Waals surface area (Å²) in [6, 6.07) is 4.07. The van der Waals surface area contributed by atoms with Crippen LogP contribution in [-0.2, 0) is 11.3 Å². The second-order valence-corrected chi connectivity index (χ2v) is 8.39. The van der Waals surface area contributed by atoms with Crippen LogP contribution >= 0.6 is 11.3 Å². The van der Waals surface area contributed by atoms with Crippen molar-refractivity contribution >= 4 is 23.1 Å². The molecule has 1 aliphatic rings. The number of aryl methyl sites for hydroxylation is 2. The fraction of sp³-hybridized carbons (Fsp3) is 0.450. The van der Waals surface area contributed by atoms with Crippen LogP contribution < -0.4 is 4.90 Å². The summed E-state index contributed by atoms with van der Waals surface area (Å²) in [5.74, 6) is 2.49. The summed E-state index contributed by atoms with van der Waals surface area (Å²) < 4.78 is 5.35. The van der Waals surface area contributed by atoms with Crippen LogP contribution in [0.2, 0.25) is 0 Å². The number of aromatic nitrogens is 4. The van der Waals surface area contributed by atoms with E-state index in [2.05, 4.69) is 31.1 Å². The molecule has 0 aliphatic carbocycles. The van der Waals surface area contributed by atoms with Crippen molar-refractivity contribution < 1.29 is 9.32 Å². The summed E-state index contributed by atoms with van der Waals surface area (Å²) in [6.07, 6.45) is 3.52. The summed E-state index contributed by atoms with van der Waals surface area (Å²) in [5, 5.41) is 5.92. The second kappa shape index (κ2) is 8.28. The van der Waals surface area contributed by atoms with E-state index in [0.717, 1.165) is 25.2 Å². The smallest absolute Gasteiger partial charge is 0.263 e. The van der Waals surface area contributed by atoms with Crippen molar-refractivity contribution in [1.29, 1.82) is 0 Å². The number of piperidine rings is 1. The third-order valence-corrected chi connectivity index (χ3v) is 5.93. The Morgan fingerprint density at radius 2 is 2.21 bits per heavy atom. The van der Waals surface area contributed by atoms with Gasteiger partial charge in [-0.25, -0.2) is 9.97 Å². The Morgan fingerprint density at radius 3 is 2.93 bits per heavy atom. The quantitative estimate of drug-likeness (QED) is 0.636. The zero-order valence-electron chi connectivity index (χ0n) is 16.8.